The van der Waals surface area contributed by atoms with Crippen molar-refractivity contribution < 1.29 is 17.9 Å². The number of alkyl halides is 3. The number of aromatic nitrogens is 1. The number of halogens is 3. The molecule has 3 aromatic rings. The Kier molecular flexibility index (Phi) is 8.46. The number of allylic oxidation sites excluding steroid dienone is 4. The maximum atomic E-state index is 14.1. The van der Waals surface area contributed by atoms with Crippen LogP contribution in [0.25, 0.3) is 4.91 Å². The topological polar surface area (TPSA) is 22.1 Å². The number of para-hydroxylation sites is 1. The first-order valence-corrected chi connectivity index (χ1v) is 14.3. The number of thioether (sulfide) groups is 1. The zero-order chi connectivity index (χ0) is 27.4. The van der Waals surface area contributed by atoms with Gasteiger partial charge >= 0.3 is 144 Å². The first-order chi connectivity index (χ1) is 18.8. The fraction of sp³-hybridized carbons (Fsp3) is 0.312. The standard InChI is InChI=1S/C32H31BF3NOS/c1-21-11-12-26(20-39-31(21)25-17-18-33-37-19-25)28(24-13-14-24)10-6-7-23-15-16-29(30(22(23)2)32(34,35)36)38-27-8-4-3-5-9-27/h3-5,8-9,15-20H,6-7,10-14H2,1-2H3. The van der Waals surface area contributed by atoms with Gasteiger partial charge in [-0.15, -0.1) is 0 Å². The van der Waals surface area contributed by atoms with Gasteiger partial charge < -0.3 is 4.74 Å². The van der Waals surface area contributed by atoms with Crippen LogP contribution in [0.4, 0.5) is 13.2 Å². The van der Waals surface area contributed by atoms with Gasteiger partial charge in [0.15, 0.2) is 0 Å². The van der Waals surface area contributed by atoms with Crippen molar-refractivity contribution in [1.29, 1.82) is 0 Å². The second kappa shape index (κ2) is 12.0. The number of hydrogen-bond donors (Lipinski definition) is 0. The van der Waals surface area contributed by atoms with Crippen molar-refractivity contribution in [2.45, 2.75) is 65.0 Å². The zero-order valence-corrected chi connectivity index (χ0v) is 23.1. The van der Waals surface area contributed by atoms with E-state index in [2.05, 4.69) is 23.3 Å². The average Bonchev–Trinajstić information content (AvgIpc) is 3.77. The Morgan fingerprint density at radius 3 is 2.49 bits per heavy atom. The molecule has 200 valence electrons. The van der Waals surface area contributed by atoms with Crippen LogP contribution in [0.15, 0.2) is 88.4 Å². The molecule has 1 saturated carbocycles. The van der Waals surface area contributed by atoms with Crippen molar-refractivity contribution >= 4 is 23.7 Å². The number of benzene rings is 2. The molecule has 2 aromatic carbocycles. The van der Waals surface area contributed by atoms with E-state index in [1.807, 2.05) is 12.2 Å². The Bertz CT molecular complexity index is 1420. The molecule has 0 radical (unpaired) electrons. The molecule has 0 atom stereocenters. The van der Waals surface area contributed by atoms with E-state index in [0.717, 1.165) is 49.7 Å². The van der Waals surface area contributed by atoms with Gasteiger partial charge in [0.05, 0.1) is 0 Å². The van der Waals surface area contributed by atoms with E-state index in [-0.39, 0.29) is 11.3 Å². The summed E-state index contributed by atoms with van der Waals surface area (Å²) in [4.78, 5) is 5.56. The van der Waals surface area contributed by atoms with Crippen LogP contribution in [0.5, 0.6) is 11.5 Å². The molecular weight excluding hydrogens is 514 g/mol. The van der Waals surface area contributed by atoms with Crippen LogP contribution in [0.2, 0.25) is 0 Å². The molecule has 7 heteroatoms. The van der Waals surface area contributed by atoms with Crippen LogP contribution in [0.1, 0.15) is 67.7 Å². The van der Waals surface area contributed by atoms with Gasteiger partial charge in [0.2, 0.25) is 0 Å². The number of rotatable bonds is 8. The van der Waals surface area contributed by atoms with E-state index in [1.54, 1.807) is 62.1 Å². The summed E-state index contributed by atoms with van der Waals surface area (Å²) in [6.07, 6.45) is 3.94. The van der Waals surface area contributed by atoms with Gasteiger partial charge in [0.1, 0.15) is 17.1 Å². The SMILES string of the molecule is CC1=C(c2ccbnc2)SC=C(C(CCCc2ccc(Oc3ccccc3)c(C(F)(F)F)c2C)=C2CC2)CC1. The predicted octanol–water partition coefficient (Wildman–Crippen LogP) is 9.79. The minimum atomic E-state index is -4.50. The van der Waals surface area contributed by atoms with Gasteiger partial charge in [-0.2, -0.15) is 13.2 Å². The number of ether oxygens (including phenoxy) is 1. The van der Waals surface area contributed by atoms with Crippen LogP contribution in [-0.2, 0) is 12.6 Å². The van der Waals surface area contributed by atoms with Gasteiger partial charge in [-0.1, -0.05) is 24.3 Å². The molecule has 0 spiro atoms. The quantitative estimate of drug-likeness (QED) is 0.281. The Morgan fingerprint density at radius 2 is 1.79 bits per heavy atom. The van der Waals surface area contributed by atoms with Crippen LogP contribution < -0.4 is 4.74 Å². The monoisotopic (exact) mass is 545 g/mol. The van der Waals surface area contributed by atoms with Gasteiger partial charge in [-0.05, 0) is 30.7 Å². The number of nitrogens with zero attached hydrogens (tertiary/aromatic N) is 1. The van der Waals surface area contributed by atoms with E-state index >= 15 is 0 Å². The summed E-state index contributed by atoms with van der Waals surface area (Å²) in [6.45, 7) is 3.76. The molecule has 2 aliphatic rings. The predicted molar refractivity (Wildman–Crippen MR) is 155 cm³/mol. The van der Waals surface area contributed by atoms with Gasteiger partial charge in [0.25, 0.3) is 0 Å². The molecule has 1 aliphatic heterocycles. The third kappa shape index (κ3) is 6.75. The summed E-state index contributed by atoms with van der Waals surface area (Å²) in [6, 6.07) is 14.0. The average molecular weight is 545 g/mol. The minimum absolute atomic E-state index is 0.149. The van der Waals surface area contributed by atoms with Gasteiger partial charge in [-0.3, -0.25) is 0 Å². The van der Waals surface area contributed by atoms with E-state index in [9.17, 15) is 13.2 Å². The van der Waals surface area contributed by atoms with Crippen molar-refractivity contribution in [2.75, 3.05) is 0 Å². The fourth-order valence-electron chi connectivity index (χ4n) is 5.20. The maximum absolute atomic E-state index is 14.1. The van der Waals surface area contributed by atoms with Crippen molar-refractivity contribution in [1.82, 2.24) is 4.89 Å². The molecule has 1 aromatic heterocycles. The molecule has 2 nitrogen and oxygen atoms in total. The molecule has 0 saturated heterocycles. The van der Waals surface area contributed by atoms with E-state index in [4.69, 9.17) is 4.74 Å². The van der Waals surface area contributed by atoms with Crippen molar-refractivity contribution in [3.05, 3.63) is 111 Å². The zero-order valence-electron chi connectivity index (χ0n) is 22.3. The molecular formula is C32H31BF3NOS. The molecule has 0 unspecified atom stereocenters. The molecule has 5 rings (SSSR count). The third-order valence-electron chi connectivity index (χ3n) is 7.38. The van der Waals surface area contributed by atoms with Crippen LogP contribution >= 0.6 is 11.8 Å². The Labute approximate surface area is 233 Å². The Balaban J connectivity index is 1.30. The van der Waals surface area contributed by atoms with Gasteiger partial charge in [-0.25, -0.2) is 0 Å². The van der Waals surface area contributed by atoms with Crippen LogP contribution in [-0.4, -0.2) is 11.9 Å². The fourth-order valence-corrected chi connectivity index (χ4v) is 6.28. The summed E-state index contributed by atoms with van der Waals surface area (Å²) < 4.78 is 48.0. The summed E-state index contributed by atoms with van der Waals surface area (Å²) in [7, 11) is 1.79. The van der Waals surface area contributed by atoms with Crippen LogP contribution in [0, 0.1) is 6.92 Å². The first-order valence-electron chi connectivity index (χ1n) is 13.4. The number of aryl methyl sites for hydroxylation is 1. The second-order valence-electron chi connectivity index (χ2n) is 10.2. The first kappa shape index (κ1) is 27.5. The summed E-state index contributed by atoms with van der Waals surface area (Å²) >= 11 is 1.77. The molecule has 1 fully saturated rings. The normalized spacial score (nSPS) is 15.5. The Hall–Kier alpha value is -3.06. The Morgan fingerprint density at radius 1 is 1.00 bits per heavy atom. The summed E-state index contributed by atoms with van der Waals surface area (Å²) in [5.74, 6) is 2.21. The second-order valence-corrected chi connectivity index (χ2v) is 11.1. The molecule has 1 aliphatic carbocycles. The molecule has 0 amide bonds. The van der Waals surface area contributed by atoms with Crippen LogP contribution in [0.3, 0.4) is 0 Å². The van der Waals surface area contributed by atoms with Crippen molar-refractivity contribution in [3.63, 3.8) is 0 Å². The summed E-state index contributed by atoms with van der Waals surface area (Å²) in [5, 5.41) is 2.29. The molecule has 0 N–H and O–H groups in total. The molecule has 0 bridgehead atoms. The van der Waals surface area contributed by atoms with E-state index < -0.39 is 11.7 Å². The van der Waals surface area contributed by atoms with Crippen molar-refractivity contribution in [3.8, 4) is 11.5 Å². The molecule has 39 heavy (non-hydrogen) atoms. The van der Waals surface area contributed by atoms with Crippen molar-refractivity contribution in [2.24, 2.45) is 0 Å². The van der Waals surface area contributed by atoms with E-state index in [1.165, 1.54) is 33.3 Å². The third-order valence-corrected chi connectivity index (χ3v) is 8.60. The van der Waals surface area contributed by atoms with E-state index in [0.29, 0.717) is 12.2 Å². The summed E-state index contributed by atoms with van der Waals surface area (Å²) in [5.41, 5.74) is 7.11. The van der Waals surface area contributed by atoms with Gasteiger partial charge in [0, 0.05) is 0 Å². The molecule has 2 heterocycles. The number of hydrogen-bond acceptors (Lipinski definition) is 3.